The zero-order chi connectivity index (χ0) is 20.7. The van der Waals surface area contributed by atoms with E-state index in [2.05, 4.69) is 13.5 Å². The monoisotopic (exact) mass is 394 g/mol. The molecule has 0 unspecified atom stereocenters. The van der Waals surface area contributed by atoms with Crippen LogP contribution in [0.4, 0.5) is 0 Å². The highest BCUT2D eigenvalue weighted by Crippen LogP contribution is 2.12. The number of hydrogen-bond donors (Lipinski definition) is 0. The predicted octanol–water partition coefficient (Wildman–Crippen LogP) is 6.69. The molecule has 162 valence electrons. The molecule has 0 aliphatic rings. The summed E-state index contributed by atoms with van der Waals surface area (Å²) in [4.78, 5) is 22.9. The van der Waals surface area contributed by atoms with Crippen LogP contribution >= 0.6 is 0 Å². The van der Waals surface area contributed by atoms with Crippen LogP contribution in [0.5, 0.6) is 0 Å². The molecule has 0 atom stereocenters. The van der Waals surface area contributed by atoms with Gasteiger partial charge in [0.25, 0.3) is 0 Å². The van der Waals surface area contributed by atoms with Gasteiger partial charge in [-0.3, -0.25) is 0 Å². The Morgan fingerprint density at radius 1 is 0.643 bits per heavy atom. The molecule has 0 amide bonds. The van der Waals surface area contributed by atoms with Crippen molar-refractivity contribution in [1.82, 2.24) is 0 Å². The third-order valence-corrected chi connectivity index (χ3v) is 4.64. The normalized spacial score (nSPS) is 10.9. The molecule has 28 heavy (non-hydrogen) atoms. The van der Waals surface area contributed by atoms with E-state index in [4.69, 9.17) is 9.47 Å². The average Bonchev–Trinajstić information content (AvgIpc) is 2.70. The zero-order valence-electron chi connectivity index (χ0n) is 18.1. The summed E-state index contributed by atoms with van der Waals surface area (Å²) in [5.74, 6) is -0.996. The summed E-state index contributed by atoms with van der Waals surface area (Å²) in [6.07, 6.45) is 22.3. The van der Waals surface area contributed by atoms with Gasteiger partial charge in [-0.1, -0.05) is 90.0 Å². The van der Waals surface area contributed by atoms with Crippen LogP contribution in [-0.2, 0) is 19.1 Å². The Balaban J connectivity index is 3.34. The molecule has 0 radical (unpaired) electrons. The van der Waals surface area contributed by atoms with Gasteiger partial charge in [0.05, 0.1) is 13.2 Å². The number of carbonyl (C=O) groups excluding carboxylic acids is 2. The number of rotatable bonds is 20. The smallest absolute Gasteiger partial charge is 0.331 e. The van der Waals surface area contributed by atoms with Crippen molar-refractivity contribution in [3.8, 4) is 0 Å². The Bertz CT molecular complexity index is 415. The lowest BCUT2D eigenvalue weighted by Gasteiger charge is -2.04. The van der Waals surface area contributed by atoms with Gasteiger partial charge in [-0.25, -0.2) is 9.59 Å². The van der Waals surface area contributed by atoms with E-state index in [-0.39, 0.29) is 0 Å². The highest BCUT2D eigenvalue weighted by atomic mass is 16.5. The number of esters is 2. The molecular formula is C24H42O4. The Morgan fingerprint density at radius 2 is 1.04 bits per heavy atom. The maximum atomic E-state index is 11.5. The lowest BCUT2D eigenvalue weighted by molar-refractivity contribution is -0.140. The van der Waals surface area contributed by atoms with Crippen LogP contribution in [0.1, 0.15) is 103 Å². The number of allylic oxidation sites excluding steroid dienone is 1. The van der Waals surface area contributed by atoms with E-state index in [9.17, 15) is 9.59 Å². The van der Waals surface area contributed by atoms with Gasteiger partial charge in [0.2, 0.25) is 0 Å². The second-order valence-corrected chi connectivity index (χ2v) is 7.34. The van der Waals surface area contributed by atoms with Gasteiger partial charge in [-0.15, -0.1) is 6.58 Å². The lowest BCUT2D eigenvalue weighted by Crippen LogP contribution is -2.06. The summed E-state index contributed by atoms with van der Waals surface area (Å²) in [6.45, 7) is 6.60. The molecule has 0 saturated heterocycles. The minimum Gasteiger partial charge on any atom is -0.463 e. The van der Waals surface area contributed by atoms with Gasteiger partial charge in [-0.2, -0.15) is 0 Å². The SMILES string of the molecule is C=CCCCOC(=O)/C=C/C(=O)OCCCCCCCCCCCCCCC. The van der Waals surface area contributed by atoms with Crippen molar-refractivity contribution in [2.75, 3.05) is 13.2 Å². The molecule has 0 rings (SSSR count). The van der Waals surface area contributed by atoms with Crippen LogP contribution in [0.2, 0.25) is 0 Å². The maximum absolute atomic E-state index is 11.5. The highest BCUT2D eigenvalue weighted by molar-refractivity contribution is 5.91. The summed E-state index contributed by atoms with van der Waals surface area (Å²) in [7, 11) is 0. The number of unbranched alkanes of at least 4 members (excludes halogenated alkanes) is 13. The Kier molecular flexibility index (Phi) is 20.5. The van der Waals surface area contributed by atoms with Crippen LogP contribution in [0.15, 0.2) is 24.8 Å². The van der Waals surface area contributed by atoms with Gasteiger partial charge in [-0.05, 0) is 19.3 Å². The van der Waals surface area contributed by atoms with Crippen molar-refractivity contribution < 1.29 is 19.1 Å². The van der Waals surface area contributed by atoms with Crippen molar-refractivity contribution >= 4 is 11.9 Å². The predicted molar refractivity (Wildman–Crippen MR) is 116 cm³/mol. The van der Waals surface area contributed by atoms with Crippen LogP contribution in [0.25, 0.3) is 0 Å². The Labute approximate surface area is 172 Å². The number of hydrogen-bond acceptors (Lipinski definition) is 4. The third-order valence-electron chi connectivity index (χ3n) is 4.64. The molecule has 4 nitrogen and oxygen atoms in total. The Hall–Kier alpha value is -1.58. The number of ether oxygens (including phenoxy) is 2. The molecule has 0 bridgehead atoms. The molecule has 0 saturated carbocycles. The molecule has 0 aromatic heterocycles. The standard InChI is InChI=1S/C24H42O4/c1-3-5-7-8-9-10-11-12-13-14-15-16-18-22-28-24(26)20-19-23(25)27-21-17-6-4-2/h4,19-20H,2-3,5-18,21-22H2,1H3/b20-19+. The van der Waals surface area contributed by atoms with Crippen molar-refractivity contribution in [3.63, 3.8) is 0 Å². The van der Waals surface area contributed by atoms with E-state index in [0.29, 0.717) is 13.2 Å². The number of carbonyl (C=O) groups is 2. The molecular weight excluding hydrogens is 352 g/mol. The fourth-order valence-corrected chi connectivity index (χ4v) is 2.93. The molecule has 0 heterocycles. The Morgan fingerprint density at radius 3 is 1.46 bits per heavy atom. The first-order valence-corrected chi connectivity index (χ1v) is 11.3. The quantitative estimate of drug-likeness (QED) is 0.0999. The van der Waals surface area contributed by atoms with Gasteiger partial charge in [0, 0.05) is 12.2 Å². The molecule has 0 aliphatic carbocycles. The summed E-state index contributed by atoms with van der Waals surface area (Å²) in [6, 6.07) is 0. The van der Waals surface area contributed by atoms with Crippen molar-refractivity contribution in [2.24, 2.45) is 0 Å². The average molecular weight is 395 g/mol. The fraction of sp³-hybridized carbons (Fsp3) is 0.750. The first kappa shape index (κ1) is 26.4. The van der Waals surface area contributed by atoms with Gasteiger partial charge >= 0.3 is 11.9 Å². The van der Waals surface area contributed by atoms with E-state index < -0.39 is 11.9 Å². The summed E-state index contributed by atoms with van der Waals surface area (Å²) in [5, 5.41) is 0. The van der Waals surface area contributed by atoms with Gasteiger partial charge in [0.15, 0.2) is 0 Å². The van der Waals surface area contributed by atoms with E-state index in [0.717, 1.165) is 37.8 Å². The highest BCUT2D eigenvalue weighted by Gasteiger charge is 2.01. The molecule has 4 heteroatoms. The fourth-order valence-electron chi connectivity index (χ4n) is 2.93. The van der Waals surface area contributed by atoms with Crippen molar-refractivity contribution in [1.29, 1.82) is 0 Å². The van der Waals surface area contributed by atoms with E-state index in [1.807, 2.05) is 0 Å². The van der Waals surface area contributed by atoms with Gasteiger partial charge in [0.1, 0.15) is 0 Å². The largest absolute Gasteiger partial charge is 0.463 e. The van der Waals surface area contributed by atoms with E-state index in [1.54, 1.807) is 6.08 Å². The first-order valence-electron chi connectivity index (χ1n) is 11.3. The molecule has 0 spiro atoms. The van der Waals surface area contributed by atoms with Gasteiger partial charge < -0.3 is 9.47 Å². The summed E-state index contributed by atoms with van der Waals surface area (Å²) < 4.78 is 10.0. The third kappa shape index (κ3) is 20.7. The summed E-state index contributed by atoms with van der Waals surface area (Å²) in [5.41, 5.74) is 0. The van der Waals surface area contributed by atoms with Crippen LogP contribution in [0.3, 0.4) is 0 Å². The van der Waals surface area contributed by atoms with Crippen molar-refractivity contribution in [2.45, 2.75) is 103 Å². The van der Waals surface area contributed by atoms with Crippen LogP contribution < -0.4 is 0 Å². The minimum absolute atomic E-state index is 0.337. The molecule has 0 N–H and O–H groups in total. The maximum Gasteiger partial charge on any atom is 0.331 e. The second kappa shape index (κ2) is 21.7. The molecule has 0 aliphatic heterocycles. The summed E-state index contributed by atoms with van der Waals surface area (Å²) >= 11 is 0. The van der Waals surface area contributed by atoms with Crippen LogP contribution in [-0.4, -0.2) is 25.2 Å². The molecule has 0 fully saturated rings. The second-order valence-electron chi connectivity index (χ2n) is 7.34. The van der Waals surface area contributed by atoms with E-state index in [1.165, 1.54) is 70.6 Å². The van der Waals surface area contributed by atoms with Crippen LogP contribution in [0, 0.1) is 0 Å². The van der Waals surface area contributed by atoms with E-state index >= 15 is 0 Å². The topological polar surface area (TPSA) is 52.6 Å². The van der Waals surface area contributed by atoms with Crippen molar-refractivity contribution in [3.05, 3.63) is 24.8 Å². The minimum atomic E-state index is -0.512. The molecule has 0 aromatic carbocycles. The lowest BCUT2D eigenvalue weighted by atomic mass is 10.0. The molecule has 0 aromatic rings. The zero-order valence-corrected chi connectivity index (χ0v) is 18.1. The first-order chi connectivity index (χ1) is 13.7.